The maximum Gasteiger partial charge on any atom is 0.290 e. The summed E-state index contributed by atoms with van der Waals surface area (Å²) in [6.07, 6.45) is 3.04. The summed E-state index contributed by atoms with van der Waals surface area (Å²) >= 11 is 9.21. The molecule has 1 amide bonds. The number of hydrogen-bond acceptors (Lipinski definition) is 3. The normalized spacial score (nSPS) is 10.9. The fourth-order valence-electron chi connectivity index (χ4n) is 1.46. The van der Waals surface area contributed by atoms with Crippen LogP contribution < -0.4 is 5.43 Å². The SMILES string of the molecule is Cn1ncc(Br)c1C(=O)NN=Cc1ccccc1Cl. The van der Waals surface area contributed by atoms with Gasteiger partial charge in [-0.15, -0.1) is 0 Å². The van der Waals surface area contributed by atoms with E-state index in [4.69, 9.17) is 11.6 Å². The Hall–Kier alpha value is -1.66. The number of carbonyl (C=O) groups is 1. The maximum atomic E-state index is 11.9. The van der Waals surface area contributed by atoms with Gasteiger partial charge in [-0.25, -0.2) is 5.43 Å². The van der Waals surface area contributed by atoms with Crippen LogP contribution in [0.3, 0.4) is 0 Å². The molecule has 2 aromatic rings. The number of benzene rings is 1. The Morgan fingerprint density at radius 1 is 1.53 bits per heavy atom. The lowest BCUT2D eigenvalue weighted by atomic mass is 10.2. The van der Waals surface area contributed by atoms with E-state index >= 15 is 0 Å². The zero-order valence-corrected chi connectivity index (χ0v) is 12.3. The van der Waals surface area contributed by atoms with Gasteiger partial charge in [-0.3, -0.25) is 9.48 Å². The van der Waals surface area contributed by atoms with Crippen molar-refractivity contribution in [2.24, 2.45) is 12.1 Å². The van der Waals surface area contributed by atoms with Crippen LogP contribution in [0.2, 0.25) is 5.02 Å². The lowest BCUT2D eigenvalue weighted by molar-refractivity contribution is 0.0945. The molecule has 19 heavy (non-hydrogen) atoms. The predicted octanol–water partition coefficient (Wildman–Crippen LogP) is 2.60. The van der Waals surface area contributed by atoms with Gasteiger partial charge >= 0.3 is 0 Å². The van der Waals surface area contributed by atoms with Gasteiger partial charge in [-0.1, -0.05) is 29.8 Å². The summed E-state index contributed by atoms with van der Waals surface area (Å²) in [4.78, 5) is 11.9. The van der Waals surface area contributed by atoms with Crippen molar-refractivity contribution in [2.45, 2.75) is 0 Å². The highest BCUT2D eigenvalue weighted by molar-refractivity contribution is 9.10. The monoisotopic (exact) mass is 340 g/mol. The molecule has 0 aliphatic rings. The molecule has 0 atom stereocenters. The molecule has 7 heteroatoms. The fraction of sp³-hybridized carbons (Fsp3) is 0.0833. The summed E-state index contributed by atoms with van der Waals surface area (Å²) in [6.45, 7) is 0. The van der Waals surface area contributed by atoms with Crippen molar-refractivity contribution in [2.75, 3.05) is 0 Å². The third-order valence-corrected chi connectivity index (χ3v) is 3.31. The molecule has 0 aliphatic heterocycles. The van der Waals surface area contributed by atoms with Crippen LogP contribution in [0, 0.1) is 0 Å². The summed E-state index contributed by atoms with van der Waals surface area (Å²) in [5.74, 6) is -0.352. The largest absolute Gasteiger partial charge is 0.290 e. The summed E-state index contributed by atoms with van der Waals surface area (Å²) < 4.78 is 2.07. The Morgan fingerprint density at radius 3 is 2.89 bits per heavy atom. The molecule has 0 fully saturated rings. The molecule has 0 unspecified atom stereocenters. The average molecular weight is 342 g/mol. The van der Waals surface area contributed by atoms with Gasteiger partial charge in [0.25, 0.3) is 5.91 Å². The first kappa shape index (κ1) is 13.8. The predicted molar refractivity (Wildman–Crippen MR) is 77.4 cm³/mol. The second-order valence-electron chi connectivity index (χ2n) is 3.69. The number of amides is 1. The van der Waals surface area contributed by atoms with E-state index in [1.54, 1.807) is 25.4 Å². The maximum absolute atomic E-state index is 11.9. The zero-order chi connectivity index (χ0) is 13.8. The van der Waals surface area contributed by atoms with Crippen molar-refractivity contribution in [3.8, 4) is 0 Å². The van der Waals surface area contributed by atoms with Crippen molar-refractivity contribution in [1.82, 2.24) is 15.2 Å². The highest BCUT2D eigenvalue weighted by Gasteiger charge is 2.14. The van der Waals surface area contributed by atoms with Crippen LogP contribution in [0.15, 0.2) is 40.0 Å². The highest BCUT2D eigenvalue weighted by atomic mass is 79.9. The van der Waals surface area contributed by atoms with Gasteiger partial charge in [-0.2, -0.15) is 10.2 Å². The minimum Gasteiger partial charge on any atom is -0.266 e. The first-order valence-corrected chi connectivity index (χ1v) is 6.52. The first-order chi connectivity index (χ1) is 9.09. The standard InChI is InChI=1S/C12H10BrClN4O/c1-18-11(9(13)7-16-18)12(19)17-15-6-8-4-2-3-5-10(8)14/h2-7H,1H3,(H,17,19). The van der Waals surface area contributed by atoms with Crippen LogP contribution in [0.4, 0.5) is 0 Å². The molecule has 0 bridgehead atoms. The molecule has 98 valence electrons. The number of hydrogen-bond donors (Lipinski definition) is 1. The Labute approximate surface area is 123 Å². The van der Waals surface area contributed by atoms with Crippen molar-refractivity contribution in [1.29, 1.82) is 0 Å². The van der Waals surface area contributed by atoms with Crippen molar-refractivity contribution >= 4 is 39.7 Å². The quantitative estimate of drug-likeness (QED) is 0.689. The van der Waals surface area contributed by atoms with E-state index in [0.717, 1.165) is 5.56 Å². The number of nitrogens with one attached hydrogen (secondary N) is 1. The molecule has 0 aliphatic carbocycles. The topological polar surface area (TPSA) is 59.3 Å². The molecular formula is C12H10BrClN4O. The van der Waals surface area contributed by atoms with Crippen molar-refractivity contribution in [3.05, 3.63) is 51.2 Å². The number of rotatable bonds is 3. The van der Waals surface area contributed by atoms with Gasteiger partial charge < -0.3 is 0 Å². The van der Waals surface area contributed by atoms with Gasteiger partial charge in [0.15, 0.2) is 0 Å². The highest BCUT2D eigenvalue weighted by Crippen LogP contribution is 2.15. The number of carbonyl (C=O) groups excluding carboxylic acids is 1. The molecule has 5 nitrogen and oxygen atoms in total. The zero-order valence-electron chi connectivity index (χ0n) is 9.97. The van der Waals surface area contributed by atoms with Gasteiger partial charge in [-0.05, 0) is 22.0 Å². The smallest absolute Gasteiger partial charge is 0.266 e. The molecule has 0 saturated heterocycles. The molecule has 1 N–H and O–H groups in total. The fourth-order valence-corrected chi connectivity index (χ4v) is 2.17. The number of aryl methyl sites for hydroxylation is 1. The van der Waals surface area contributed by atoms with Gasteiger partial charge in [0.1, 0.15) is 5.69 Å². The Kier molecular flexibility index (Phi) is 4.34. The van der Waals surface area contributed by atoms with E-state index in [1.807, 2.05) is 12.1 Å². The second-order valence-corrected chi connectivity index (χ2v) is 4.95. The van der Waals surface area contributed by atoms with Crippen LogP contribution in [-0.4, -0.2) is 21.9 Å². The van der Waals surface area contributed by atoms with Crippen LogP contribution in [0.1, 0.15) is 16.1 Å². The Morgan fingerprint density at radius 2 is 2.26 bits per heavy atom. The van der Waals surface area contributed by atoms with Gasteiger partial charge in [0.05, 0.1) is 16.9 Å². The number of hydrazone groups is 1. The summed E-state index contributed by atoms with van der Waals surface area (Å²) in [6, 6.07) is 7.22. The lowest BCUT2D eigenvalue weighted by Gasteiger charge is -2.01. The van der Waals surface area contributed by atoms with Gasteiger partial charge in [0.2, 0.25) is 0 Å². The van der Waals surface area contributed by atoms with Crippen LogP contribution in [0.5, 0.6) is 0 Å². The van der Waals surface area contributed by atoms with E-state index in [-0.39, 0.29) is 5.91 Å². The number of nitrogens with zero attached hydrogens (tertiary/aromatic N) is 3. The third kappa shape index (κ3) is 3.21. The molecule has 0 saturated carbocycles. The minimum absolute atomic E-state index is 0.352. The molecule has 1 aromatic carbocycles. The molecule has 1 aromatic heterocycles. The van der Waals surface area contributed by atoms with E-state index < -0.39 is 0 Å². The Bertz CT molecular complexity index is 619. The second kappa shape index (κ2) is 5.99. The van der Waals surface area contributed by atoms with Crippen LogP contribution in [-0.2, 0) is 7.05 Å². The minimum atomic E-state index is -0.352. The molecule has 1 heterocycles. The van der Waals surface area contributed by atoms with Crippen LogP contribution >= 0.6 is 27.5 Å². The van der Waals surface area contributed by atoms with Gasteiger partial charge in [0, 0.05) is 17.6 Å². The molecule has 0 radical (unpaired) electrons. The number of aromatic nitrogens is 2. The molecular weight excluding hydrogens is 332 g/mol. The summed E-state index contributed by atoms with van der Waals surface area (Å²) in [7, 11) is 1.68. The molecule has 2 rings (SSSR count). The Balaban J connectivity index is 2.08. The number of halogens is 2. The summed E-state index contributed by atoms with van der Waals surface area (Å²) in [5.41, 5.74) is 3.55. The van der Waals surface area contributed by atoms with E-state index in [0.29, 0.717) is 15.2 Å². The van der Waals surface area contributed by atoms with Crippen LogP contribution in [0.25, 0.3) is 0 Å². The average Bonchev–Trinajstić information content (AvgIpc) is 2.71. The first-order valence-electron chi connectivity index (χ1n) is 5.35. The van der Waals surface area contributed by atoms with E-state index in [1.165, 1.54) is 10.9 Å². The molecule has 0 spiro atoms. The van der Waals surface area contributed by atoms with Crippen molar-refractivity contribution in [3.63, 3.8) is 0 Å². The van der Waals surface area contributed by atoms with Crippen molar-refractivity contribution < 1.29 is 4.79 Å². The lowest BCUT2D eigenvalue weighted by Crippen LogP contribution is -2.21. The third-order valence-electron chi connectivity index (χ3n) is 2.38. The van der Waals surface area contributed by atoms with E-state index in [2.05, 4.69) is 31.6 Å². The summed E-state index contributed by atoms with van der Waals surface area (Å²) in [5, 5.41) is 8.39. The van der Waals surface area contributed by atoms with E-state index in [9.17, 15) is 4.79 Å².